The van der Waals surface area contributed by atoms with Gasteiger partial charge in [0.15, 0.2) is 5.65 Å². The van der Waals surface area contributed by atoms with Gasteiger partial charge in [-0.25, -0.2) is 19.5 Å². The molecule has 2 aliphatic heterocycles. The van der Waals surface area contributed by atoms with Crippen LogP contribution in [0, 0.1) is 13.8 Å². The van der Waals surface area contributed by atoms with E-state index in [-0.39, 0.29) is 6.04 Å². The summed E-state index contributed by atoms with van der Waals surface area (Å²) in [7, 11) is 0. The van der Waals surface area contributed by atoms with Gasteiger partial charge in [-0.1, -0.05) is 11.6 Å². The summed E-state index contributed by atoms with van der Waals surface area (Å²) in [5.41, 5.74) is 5.29. The van der Waals surface area contributed by atoms with E-state index in [2.05, 4.69) is 59.1 Å². The minimum absolute atomic E-state index is 0.172. The fraction of sp³-hybridized carbons (Fsp3) is 0.440. The molecule has 1 atom stereocenters. The summed E-state index contributed by atoms with van der Waals surface area (Å²) in [5, 5.41) is 6.09. The summed E-state index contributed by atoms with van der Waals surface area (Å²) in [5.74, 6) is 2.04. The number of benzene rings is 1. The van der Waals surface area contributed by atoms with Crippen LogP contribution in [0.15, 0.2) is 36.8 Å². The Kier molecular flexibility index (Phi) is 5.10. The van der Waals surface area contributed by atoms with Gasteiger partial charge < -0.3 is 14.5 Å². The Morgan fingerprint density at radius 1 is 0.970 bits per heavy atom. The van der Waals surface area contributed by atoms with E-state index in [1.54, 1.807) is 6.33 Å². The second kappa shape index (κ2) is 8.26. The van der Waals surface area contributed by atoms with Gasteiger partial charge in [0.05, 0.1) is 30.5 Å². The number of nitrogens with zero attached hydrogens (tertiary/aromatic N) is 7. The Bertz CT molecular complexity index is 1310. The molecular formula is C25H29N7O. The quantitative estimate of drug-likeness (QED) is 0.476. The normalized spacial score (nSPS) is 19.5. The van der Waals surface area contributed by atoms with E-state index in [9.17, 15) is 0 Å². The van der Waals surface area contributed by atoms with E-state index in [0.717, 1.165) is 85.1 Å². The standard InChI is InChI=1S/C25H29N7O/c1-17-6-7-20-19(13-17)25(27-16-26-20)31-8-4-3-5-22(31)21-14-23-28-24(18(2)15-32(23)29-21)30-9-11-33-12-10-30/h6-7,13-16,22H,3-5,8-12H2,1-2H3. The number of morpholine rings is 1. The van der Waals surface area contributed by atoms with Crippen LogP contribution in [0.4, 0.5) is 11.6 Å². The van der Waals surface area contributed by atoms with Crippen molar-refractivity contribution in [3.05, 3.63) is 53.6 Å². The molecule has 0 aliphatic carbocycles. The summed E-state index contributed by atoms with van der Waals surface area (Å²) in [6.45, 7) is 8.45. The van der Waals surface area contributed by atoms with Crippen molar-refractivity contribution in [3.8, 4) is 0 Å². The van der Waals surface area contributed by atoms with Gasteiger partial charge in [-0.2, -0.15) is 5.10 Å². The summed E-state index contributed by atoms with van der Waals surface area (Å²) in [4.78, 5) is 19.0. The van der Waals surface area contributed by atoms with E-state index in [4.69, 9.17) is 19.8 Å². The maximum absolute atomic E-state index is 5.52. The number of rotatable bonds is 3. The van der Waals surface area contributed by atoms with Gasteiger partial charge in [0, 0.05) is 42.8 Å². The number of aryl methyl sites for hydroxylation is 2. The van der Waals surface area contributed by atoms with Crippen LogP contribution in [-0.2, 0) is 4.74 Å². The molecule has 2 fully saturated rings. The topological polar surface area (TPSA) is 71.7 Å². The molecule has 2 saturated heterocycles. The summed E-state index contributed by atoms with van der Waals surface area (Å²) < 4.78 is 7.45. The lowest BCUT2D eigenvalue weighted by Gasteiger charge is -2.36. The van der Waals surface area contributed by atoms with Crippen LogP contribution in [-0.4, -0.2) is 57.4 Å². The lowest BCUT2D eigenvalue weighted by molar-refractivity contribution is 0.122. The fourth-order valence-corrected chi connectivity index (χ4v) is 5.16. The molecular weight excluding hydrogens is 414 g/mol. The predicted octanol–water partition coefficient (Wildman–Crippen LogP) is 3.86. The molecule has 0 bridgehead atoms. The average Bonchev–Trinajstić information content (AvgIpc) is 3.26. The van der Waals surface area contributed by atoms with Crippen LogP contribution < -0.4 is 9.80 Å². The number of hydrogen-bond donors (Lipinski definition) is 0. The first-order valence-electron chi connectivity index (χ1n) is 11.8. The van der Waals surface area contributed by atoms with Crippen molar-refractivity contribution in [1.29, 1.82) is 0 Å². The molecule has 33 heavy (non-hydrogen) atoms. The van der Waals surface area contributed by atoms with E-state index >= 15 is 0 Å². The highest BCUT2D eigenvalue weighted by Gasteiger charge is 2.29. The second-order valence-corrected chi connectivity index (χ2v) is 9.14. The fourth-order valence-electron chi connectivity index (χ4n) is 5.16. The molecule has 8 heteroatoms. The minimum Gasteiger partial charge on any atom is -0.378 e. The van der Waals surface area contributed by atoms with Gasteiger partial charge in [-0.05, 0) is 45.2 Å². The van der Waals surface area contributed by atoms with Crippen LogP contribution in [0.5, 0.6) is 0 Å². The molecule has 170 valence electrons. The maximum Gasteiger partial charge on any atom is 0.157 e. The van der Waals surface area contributed by atoms with Crippen molar-refractivity contribution in [2.75, 3.05) is 42.6 Å². The zero-order chi connectivity index (χ0) is 22.4. The molecule has 0 saturated carbocycles. The molecule has 1 unspecified atom stereocenters. The molecule has 8 nitrogen and oxygen atoms in total. The molecule has 5 heterocycles. The highest BCUT2D eigenvalue weighted by Crippen LogP contribution is 2.37. The third-order valence-corrected chi connectivity index (χ3v) is 6.82. The molecule has 0 radical (unpaired) electrons. The van der Waals surface area contributed by atoms with E-state index in [1.807, 2.05) is 4.52 Å². The first-order valence-corrected chi connectivity index (χ1v) is 11.8. The van der Waals surface area contributed by atoms with Crippen molar-refractivity contribution in [2.24, 2.45) is 0 Å². The molecule has 3 aromatic heterocycles. The SMILES string of the molecule is Cc1ccc2ncnc(N3CCCCC3c3cc4nc(N5CCOCC5)c(C)cn4n3)c2c1. The van der Waals surface area contributed by atoms with E-state index in [1.165, 1.54) is 12.0 Å². The number of piperidine rings is 1. The summed E-state index contributed by atoms with van der Waals surface area (Å²) in [6, 6.07) is 8.71. The lowest BCUT2D eigenvalue weighted by Crippen LogP contribution is -2.37. The maximum atomic E-state index is 5.52. The number of ether oxygens (including phenoxy) is 1. The van der Waals surface area contributed by atoms with Crippen LogP contribution >= 0.6 is 0 Å². The predicted molar refractivity (Wildman–Crippen MR) is 129 cm³/mol. The Labute approximate surface area is 193 Å². The largest absolute Gasteiger partial charge is 0.378 e. The van der Waals surface area contributed by atoms with Crippen LogP contribution in [0.3, 0.4) is 0 Å². The average molecular weight is 444 g/mol. The smallest absolute Gasteiger partial charge is 0.157 e. The minimum atomic E-state index is 0.172. The monoisotopic (exact) mass is 443 g/mol. The van der Waals surface area contributed by atoms with Crippen LogP contribution in [0.1, 0.15) is 42.1 Å². The van der Waals surface area contributed by atoms with Gasteiger partial charge in [0.1, 0.15) is 18.0 Å². The zero-order valence-corrected chi connectivity index (χ0v) is 19.2. The van der Waals surface area contributed by atoms with Gasteiger partial charge in [-0.3, -0.25) is 0 Å². The molecule has 6 rings (SSSR count). The van der Waals surface area contributed by atoms with E-state index < -0.39 is 0 Å². The molecule has 0 amide bonds. The number of aromatic nitrogens is 5. The number of hydrogen-bond acceptors (Lipinski definition) is 7. The van der Waals surface area contributed by atoms with Crippen molar-refractivity contribution in [1.82, 2.24) is 24.6 Å². The highest BCUT2D eigenvalue weighted by atomic mass is 16.5. The van der Waals surface area contributed by atoms with Crippen LogP contribution in [0.25, 0.3) is 16.6 Å². The third-order valence-electron chi connectivity index (χ3n) is 6.82. The molecule has 1 aromatic carbocycles. The Morgan fingerprint density at radius 3 is 2.73 bits per heavy atom. The molecule has 4 aromatic rings. The summed E-state index contributed by atoms with van der Waals surface area (Å²) in [6.07, 6.45) is 7.17. The Morgan fingerprint density at radius 2 is 1.85 bits per heavy atom. The van der Waals surface area contributed by atoms with Gasteiger partial charge in [-0.15, -0.1) is 0 Å². The van der Waals surface area contributed by atoms with Gasteiger partial charge >= 0.3 is 0 Å². The first kappa shape index (κ1) is 20.4. The number of fused-ring (bicyclic) bond motifs is 2. The van der Waals surface area contributed by atoms with Crippen molar-refractivity contribution in [3.63, 3.8) is 0 Å². The van der Waals surface area contributed by atoms with Crippen molar-refractivity contribution < 1.29 is 4.74 Å². The summed E-state index contributed by atoms with van der Waals surface area (Å²) >= 11 is 0. The van der Waals surface area contributed by atoms with Crippen molar-refractivity contribution in [2.45, 2.75) is 39.2 Å². The molecule has 0 spiro atoms. The Balaban J connectivity index is 1.40. The highest BCUT2D eigenvalue weighted by molar-refractivity contribution is 5.90. The van der Waals surface area contributed by atoms with Gasteiger partial charge in [0.2, 0.25) is 0 Å². The number of anilines is 2. The molecule has 0 N–H and O–H groups in total. The lowest BCUT2D eigenvalue weighted by atomic mass is 9.98. The third kappa shape index (κ3) is 3.68. The molecule has 2 aliphatic rings. The first-order chi connectivity index (χ1) is 16.2. The van der Waals surface area contributed by atoms with Crippen molar-refractivity contribution >= 4 is 28.2 Å². The zero-order valence-electron chi connectivity index (χ0n) is 19.2. The second-order valence-electron chi connectivity index (χ2n) is 9.14. The van der Waals surface area contributed by atoms with Crippen LogP contribution in [0.2, 0.25) is 0 Å². The van der Waals surface area contributed by atoms with E-state index in [0.29, 0.717) is 0 Å². The Hall–Kier alpha value is -3.26. The van der Waals surface area contributed by atoms with Gasteiger partial charge in [0.25, 0.3) is 0 Å².